The third-order valence-electron chi connectivity index (χ3n) is 2.92. The van der Waals surface area contributed by atoms with E-state index in [-0.39, 0.29) is 12.6 Å². The second-order valence-corrected chi connectivity index (χ2v) is 6.05. The Labute approximate surface area is 118 Å². The summed E-state index contributed by atoms with van der Waals surface area (Å²) in [7, 11) is 0. The van der Waals surface area contributed by atoms with Crippen molar-refractivity contribution in [2.24, 2.45) is 0 Å². The van der Waals surface area contributed by atoms with Crippen LogP contribution in [0.2, 0.25) is 0 Å². The molecular weight excluding hydrogens is 262 g/mol. The number of hydrogen-bond acceptors (Lipinski definition) is 4. The molecule has 1 rings (SSSR count). The molecule has 0 spiro atoms. The number of nitrogens with one attached hydrogen (secondary N) is 2. The Morgan fingerprint density at radius 1 is 1.53 bits per heavy atom. The molecule has 0 aromatic carbocycles. The van der Waals surface area contributed by atoms with Gasteiger partial charge in [0.05, 0.1) is 18.7 Å². The highest BCUT2D eigenvalue weighted by Gasteiger charge is 2.24. The van der Waals surface area contributed by atoms with Crippen LogP contribution in [-0.4, -0.2) is 28.3 Å². The Bertz CT molecular complexity index is 408. The summed E-state index contributed by atoms with van der Waals surface area (Å²) in [5.41, 5.74) is -0.559. The van der Waals surface area contributed by atoms with E-state index in [0.717, 1.165) is 24.3 Å². The number of carbonyl (C=O) groups excluding carboxylic acids is 1. The van der Waals surface area contributed by atoms with Gasteiger partial charge < -0.3 is 15.7 Å². The number of thiazole rings is 1. The van der Waals surface area contributed by atoms with Gasteiger partial charge in [0.15, 0.2) is 0 Å². The SMILES string of the molecule is CCCC(C)(CO)NC(=O)NCc1ncc(CC)s1. The van der Waals surface area contributed by atoms with Crippen LogP contribution in [0.15, 0.2) is 6.20 Å². The fourth-order valence-electron chi connectivity index (χ4n) is 1.80. The van der Waals surface area contributed by atoms with E-state index in [9.17, 15) is 9.90 Å². The van der Waals surface area contributed by atoms with Crippen LogP contribution in [0.25, 0.3) is 0 Å². The van der Waals surface area contributed by atoms with Gasteiger partial charge in [-0.15, -0.1) is 11.3 Å². The average Bonchev–Trinajstić information content (AvgIpc) is 2.84. The topological polar surface area (TPSA) is 74.2 Å². The van der Waals surface area contributed by atoms with E-state index in [1.807, 2.05) is 20.0 Å². The minimum atomic E-state index is -0.559. The number of amides is 2. The third-order valence-corrected chi connectivity index (χ3v) is 4.06. The summed E-state index contributed by atoms with van der Waals surface area (Å²) >= 11 is 1.61. The Hall–Kier alpha value is -1.14. The molecular formula is C13H23N3O2S. The van der Waals surface area contributed by atoms with E-state index in [4.69, 9.17) is 0 Å². The van der Waals surface area contributed by atoms with Crippen LogP contribution in [-0.2, 0) is 13.0 Å². The molecule has 0 radical (unpaired) electrons. The van der Waals surface area contributed by atoms with Crippen molar-refractivity contribution in [2.75, 3.05) is 6.61 Å². The number of aliphatic hydroxyl groups excluding tert-OH is 1. The van der Waals surface area contributed by atoms with Gasteiger partial charge in [0.25, 0.3) is 0 Å². The highest BCUT2D eigenvalue weighted by molar-refractivity contribution is 7.11. The molecule has 0 fully saturated rings. The average molecular weight is 285 g/mol. The van der Waals surface area contributed by atoms with Crippen molar-refractivity contribution in [2.45, 2.75) is 52.1 Å². The van der Waals surface area contributed by atoms with Crippen molar-refractivity contribution in [3.63, 3.8) is 0 Å². The van der Waals surface area contributed by atoms with E-state index in [2.05, 4.69) is 22.5 Å². The van der Waals surface area contributed by atoms with Gasteiger partial charge in [-0.1, -0.05) is 20.3 Å². The molecule has 0 aliphatic carbocycles. The Balaban J connectivity index is 2.42. The molecule has 6 heteroatoms. The van der Waals surface area contributed by atoms with Crippen LogP contribution in [0.3, 0.4) is 0 Å². The summed E-state index contributed by atoms with van der Waals surface area (Å²) in [6.45, 7) is 6.30. The minimum Gasteiger partial charge on any atom is -0.394 e. The number of rotatable bonds is 7. The maximum Gasteiger partial charge on any atom is 0.315 e. The number of hydrogen-bond donors (Lipinski definition) is 3. The predicted octanol–water partition coefficient (Wildman–Crippen LogP) is 2.06. The van der Waals surface area contributed by atoms with Crippen LogP contribution in [0.4, 0.5) is 4.79 Å². The molecule has 19 heavy (non-hydrogen) atoms. The van der Waals surface area contributed by atoms with Crippen molar-refractivity contribution >= 4 is 17.4 Å². The maximum absolute atomic E-state index is 11.8. The molecule has 1 aromatic heterocycles. The fraction of sp³-hybridized carbons (Fsp3) is 0.692. The third kappa shape index (κ3) is 5.16. The van der Waals surface area contributed by atoms with Gasteiger partial charge in [0, 0.05) is 11.1 Å². The van der Waals surface area contributed by atoms with Crippen LogP contribution in [0.5, 0.6) is 0 Å². The normalized spacial score (nSPS) is 13.9. The number of aromatic nitrogens is 1. The van der Waals surface area contributed by atoms with Crippen LogP contribution in [0.1, 0.15) is 43.5 Å². The predicted molar refractivity (Wildman–Crippen MR) is 77.3 cm³/mol. The molecule has 1 heterocycles. The standard InChI is InChI=1S/C13H23N3O2S/c1-4-6-13(3,9-17)16-12(18)15-8-11-14-7-10(5-2)19-11/h7,17H,4-6,8-9H2,1-3H3,(H2,15,16,18). The summed E-state index contributed by atoms with van der Waals surface area (Å²) in [6.07, 6.45) is 4.45. The molecule has 2 amide bonds. The lowest BCUT2D eigenvalue weighted by atomic mass is 9.98. The largest absolute Gasteiger partial charge is 0.394 e. The number of carbonyl (C=O) groups is 1. The first kappa shape index (κ1) is 15.9. The van der Waals surface area contributed by atoms with E-state index in [0.29, 0.717) is 6.54 Å². The van der Waals surface area contributed by atoms with Crippen LogP contribution in [0, 0.1) is 0 Å². The first-order valence-electron chi connectivity index (χ1n) is 6.63. The van der Waals surface area contributed by atoms with Gasteiger partial charge in [-0.05, 0) is 19.8 Å². The summed E-state index contributed by atoms with van der Waals surface area (Å²) in [5, 5.41) is 15.8. The van der Waals surface area contributed by atoms with Gasteiger partial charge in [0.2, 0.25) is 0 Å². The first-order chi connectivity index (χ1) is 9.03. The molecule has 1 atom stereocenters. The van der Waals surface area contributed by atoms with Crippen molar-refractivity contribution in [1.29, 1.82) is 0 Å². The number of aliphatic hydroxyl groups is 1. The summed E-state index contributed by atoms with van der Waals surface area (Å²) in [5.74, 6) is 0. The van der Waals surface area contributed by atoms with Gasteiger partial charge in [0.1, 0.15) is 5.01 Å². The number of aryl methyl sites for hydroxylation is 1. The molecule has 0 bridgehead atoms. The van der Waals surface area contributed by atoms with Crippen molar-refractivity contribution < 1.29 is 9.90 Å². The van der Waals surface area contributed by atoms with Gasteiger partial charge in [-0.2, -0.15) is 0 Å². The molecule has 108 valence electrons. The van der Waals surface area contributed by atoms with Crippen molar-refractivity contribution in [3.8, 4) is 0 Å². The second kappa shape index (κ2) is 7.45. The van der Waals surface area contributed by atoms with E-state index in [1.165, 1.54) is 4.88 Å². The van der Waals surface area contributed by atoms with Crippen LogP contribution < -0.4 is 10.6 Å². The van der Waals surface area contributed by atoms with Crippen LogP contribution >= 0.6 is 11.3 Å². The quantitative estimate of drug-likeness (QED) is 0.718. The molecule has 0 saturated carbocycles. The van der Waals surface area contributed by atoms with Gasteiger partial charge in [-0.25, -0.2) is 9.78 Å². The van der Waals surface area contributed by atoms with E-state index < -0.39 is 5.54 Å². The lowest BCUT2D eigenvalue weighted by molar-refractivity contribution is 0.163. The Morgan fingerprint density at radius 3 is 2.79 bits per heavy atom. The molecule has 5 nitrogen and oxygen atoms in total. The smallest absolute Gasteiger partial charge is 0.315 e. The molecule has 1 unspecified atom stereocenters. The summed E-state index contributed by atoms with van der Waals surface area (Å²) in [4.78, 5) is 17.2. The first-order valence-corrected chi connectivity index (χ1v) is 7.45. The monoisotopic (exact) mass is 285 g/mol. The molecule has 0 saturated heterocycles. The van der Waals surface area contributed by atoms with E-state index >= 15 is 0 Å². The van der Waals surface area contributed by atoms with E-state index in [1.54, 1.807) is 11.3 Å². The molecule has 0 aliphatic heterocycles. The zero-order chi connectivity index (χ0) is 14.3. The maximum atomic E-state index is 11.8. The number of urea groups is 1. The zero-order valence-electron chi connectivity index (χ0n) is 11.8. The Kier molecular flexibility index (Phi) is 6.24. The summed E-state index contributed by atoms with van der Waals surface area (Å²) in [6, 6.07) is -0.266. The fourth-order valence-corrected chi connectivity index (χ4v) is 2.60. The molecule has 3 N–H and O–H groups in total. The number of nitrogens with zero attached hydrogens (tertiary/aromatic N) is 1. The zero-order valence-corrected chi connectivity index (χ0v) is 12.6. The lowest BCUT2D eigenvalue weighted by Gasteiger charge is -2.28. The molecule has 0 aliphatic rings. The van der Waals surface area contributed by atoms with Crippen molar-refractivity contribution in [3.05, 3.63) is 16.1 Å². The van der Waals surface area contributed by atoms with Gasteiger partial charge >= 0.3 is 6.03 Å². The van der Waals surface area contributed by atoms with Gasteiger partial charge in [-0.3, -0.25) is 0 Å². The highest BCUT2D eigenvalue weighted by atomic mass is 32.1. The Morgan fingerprint density at radius 2 is 2.26 bits per heavy atom. The second-order valence-electron chi connectivity index (χ2n) is 4.85. The molecule has 1 aromatic rings. The summed E-state index contributed by atoms with van der Waals surface area (Å²) < 4.78 is 0. The highest BCUT2D eigenvalue weighted by Crippen LogP contribution is 2.13. The minimum absolute atomic E-state index is 0.0640. The lowest BCUT2D eigenvalue weighted by Crippen LogP contribution is -2.52. The van der Waals surface area contributed by atoms with Crippen molar-refractivity contribution in [1.82, 2.24) is 15.6 Å².